The van der Waals surface area contributed by atoms with Crippen molar-refractivity contribution in [2.24, 2.45) is 0 Å². The normalized spacial score (nSPS) is 12.7. The second kappa shape index (κ2) is 17.0. The van der Waals surface area contributed by atoms with Gasteiger partial charge in [0.2, 0.25) is 0 Å². The van der Waals surface area contributed by atoms with Crippen molar-refractivity contribution >= 4 is 8.32 Å². The summed E-state index contributed by atoms with van der Waals surface area (Å²) in [6.45, 7) is 17.3. The van der Waals surface area contributed by atoms with Gasteiger partial charge < -0.3 is 13.9 Å². The molecule has 0 aliphatic carbocycles. The summed E-state index contributed by atoms with van der Waals surface area (Å²) >= 11 is 0. The van der Waals surface area contributed by atoms with Crippen LogP contribution in [0, 0.1) is 0 Å². The van der Waals surface area contributed by atoms with Crippen LogP contribution in [0.3, 0.4) is 0 Å². The van der Waals surface area contributed by atoms with Gasteiger partial charge in [0, 0.05) is 6.61 Å². The molecule has 0 saturated carbocycles. The first-order valence-electron chi connectivity index (χ1n) is 11.6. The van der Waals surface area contributed by atoms with E-state index >= 15 is 0 Å². The molecule has 0 fully saturated rings. The first kappa shape index (κ1) is 27.1. The fourth-order valence-electron chi connectivity index (χ4n) is 2.76. The molecular weight excluding hydrogens is 352 g/mol. The Morgan fingerprint density at radius 3 is 1.44 bits per heavy atom. The van der Waals surface area contributed by atoms with Crippen LogP contribution in [0.5, 0.6) is 0 Å². The maximum absolute atomic E-state index is 6.09. The zero-order valence-electron chi connectivity index (χ0n) is 19.5. The predicted octanol–water partition coefficient (Wildman–Crippen LogP) is 7.35. The van der Waals surface area contributed by atoms with E-state index in [1.807, 2.05) is 0 Å². The maximum Gasteiger partial charge on any atom is 0.192 e. The largest absolute Gasteiger partial charge is 0.414 e. The Bertz CT molecular complexity index is 313. The fourth-order valence-corrected chi connectivity index (χ4v) is 3.79. The average molecular weight is 403 g/mol. The smallest absolute Gasteiger partial charge is 0.192 e. The number of hydrogen-bond acceptors (Lipinski definition) is 3. The highest BCUT2D eigenvalue weighted by Crippen LogP contribution is 2.36. The van der Waals surface area contributed by atoms with Crippen molar-refractivity contribution < 1.29 is 13.9 Å². The van der Waals surface area contributed by atoms with Crippen LogP contribution < -0.4 is 0 Å². The molecule has 0 atom stereocenters. The molecule has 4 heteroatoms. The zero-order chi connectivity index (χ0) is 20.4. The van der Waals surface area contributed by atoms with Gasteiger partial charge in [-0.15, -0.1) is 0 Å². The van der Waals surface area contributed by atoms with E-state index in [9.17, 15) is 0 Å². The van der Waals surface area contributed by atoms with E-state index in [2.05, 4.69) is 40.8 Å². The van der Waals surface area contributed by atoms with Crippen molar-refractivity contribution in [2.75, 3.05) is 33.0 Å². The summed E-state index contributed by atoms with van der Waals surface area (Å²) in [7, 11) is -1.63. The summed E-state index contributed by atoms with van der Waals surface area (Å²) in [6, 6.07) is 0. The van der Waals surface area contributed by atoms with Crippen molar-refractivity contribution in [1.82, 2.24) is 0 Å². The second-order valence-corrected chi connectivity index (χ2v) is 14.2. The third kappa shape index (κ3) is 16.7. The summed E-state index contributed by atoms with van der Waals surface area (Å²) in [5, 5.41) is 0.269. The molecule has 27 heavy (non-hydrogen) atoms. The fraction of sp³-hybridized carbons (Fsp3) is 1.00. The molecule has 0 bridgehead atoms. The molecule has 0 rings (SSSR count). The zero-order valence-corrected chi connectivity index (χ0v) is 20.5. The first-order chi connectivity index (χ1) is 12.8. The van der Waals surface area contributed by atoms with Crippen molar-refractivity contribution in [1.29, 1.82) is 0 Å². The van der Waals surface area contributed by atoms with Gasteiger partial charge in [0.15, 0.2) is 8.32 Å². The summed E-state index contributed by atoms with van der Waals surface area (Å²) in [4.78, 5) is 0. The summed E-state index contributed by atoms with van der Waals surface area (Å²) in [6.07, 6.45) is 15.1. The highest BCUT2D eigenvalue weighted by atomic mass is 28.4. The predicted molar refractivity (Wildman–Crippen MR) is 121 cm³/mol. The quantitative estimate of drug-likeness (QED) is 0.167. The van der Waals surface area contributed by atoms with E-state index in [4.69, 9.17) is 13.9 Å². The van der Waals surface area contributed by atoms with Crippen LogP contribution in [-0.4, -0.2) is 41.4 Å². The van der Waals surface area contributed by atoms with Crippen molar-refractivity contribution in [3.8, 4) is 0 Å². The van der Waals surface area contributed by atoms with Gasteiger partial charge in [-0.25, -0.2) is 0 Å². The molecule has 0 saturated heterocycles. The van der Waals surface area contributed by atoms with Crippen LogP contribution in [0.4, 0.5) is 0 Å². The SMILES string of the molecule is CCCCCCCCCCCCCOCCOCCO[Si](C)(C)C(C)(C)C. The minimum Gasteiger partial charge on any atom is -0.414 e. The lowest BCUT2D eigenvalue weighted by Crippen LogP contribution is -2.41. The van der Waals surface area contributed by atoms with E-state index in [1.54, 1.807) is 0 Å². The summed E-state index contributed by atoms with van der Waals surface area (Å²) < 4.78 is 17.4. The van der Waals surface area contributed by atoms with Crippen LogP contribution in [0.25, 0.3) is 0 Å². The molecule has 0 aromatic heterocycles. The average Bonchev–Trinajstić information content (AvgIpc) is 2.59. The molecule has 164 valence electrons. The Labute approximate surface area is 172 Å². The molecule has 0 aliphatic rings. The monoisotopic (exact) mass is 402 g/mol. The first-order valence-corrected chi connectivity index (χ1v) is 14.5. The topological polar surface area (TPSA) is 27.7 Å². The van der Waals surface area contributed by atoms with Gasteiger partial charge in [0.1, 0.15) is 0 Å². The van der Waals surface area contributed by atoms with Gasteiger partial charge >= 0.3 is 0 Å². The molecule has 0 aromatic carbocycles. The van der Waals surface area contributed by atoms with Crippen molar-refractivity contribution in [3.05, 3.63) is 0 Å². The lowest BCUT2D eigenvalue weighted by atomic mass is 10.1. The van der Waals surface area contributed by atoms with E-state index in [0.29, 0.717) is 26.4 Å². The minimum absolute atomic E-state index is 0.269. The molecule has 0 unspecified atom stereocenters. The molecule has 0 N–H and O–H groups in total. The Kier molecular flexibility index (Phi) is 17.1. The maximum atomic E-state index is 6.09. The van der Waals surface area contributed by atoms with Gasteiger partial charge in [0.05, 0.1) is 26.4 Å². The van der Waals surface area contributed by atoms with Crippen LogP contribution in [0.1, 0.15) is 98.3 Å². The van der Waals surface area contributed by atoms with E-state index in [0.717, 1.165) is 6.61 Å². The third-order valence-corrected chi connectivity index (χ3v) is 10.3. The summed E-state index contributed by atoms with van der Waals surface area (Å²) in [5.74, 6) is 0. The Morgan fingerprint density at radius 1 is 0.556 bits per heavy atom. The van der Waals surface area contributed by atoms with Crippen molar-refractivity contribution in [3.63, 3.8) is 0 Å². The number of hydrogen-bond donors (Lipinski definition) is 0. The Balaban J connectivity index is 3.19. The highest BCUT2D eigenvalue weighted by molar-refractivity contribution is 6.74. The van der Waals surface area contributed by atoms with Gasteiger partial charge in [0.25, 0.3) is 0 Å². The van der Waals surface area contributed by atoms with E-state index in [1.165, 1.54) is 70.6 Å². The van der Waals surface area contributed by atoms with Crippen LogP contribution in [0.15, 0.2) is 0 Å². The van der Waals surface area contributed by atoms with E-state index in [-0.39, 0.29) is 5.04 Å². The molecule has 0 spiro atoms. The summed E-state index contributed by atoms with van der Waals surface area (Å²) in [5.41, 5.74) is 0. The molecule has 0 radical (unpaired) electrons. The molecule has 0 aromatic rings. The molecule has 0 aliphatic heterocycles. The second-order valence-electron chi connectivity index (χ2n) is 9.37. The van der Waals surface area contributed by atoms with Crippen molar-refractivity contribution in [2.45, 2.75) is 116 Å². The molecule has 0 amide bonds. The Hall–Kier alpha value is 0.0969. The van der Waals surface area contributed by atoms with Crippen LogP contribution >= 0.6 is 0 Å². The van der Waals surface area contributed by atoms with Gasteiger partial charge in [-0.1, -0.05) is 91.9 Å². The molecule has 0 heterocycles. The lowest BCUT2D eigenvalue weighted by molar-refractivity contribution is 0.0336. The Morgan fingerprint density at radius 2 is 0.963 bits per heavy atom. The number of unbranched alkanes of at least 4 members (excludes halogenated alkanes) is 10. The van der Waals surface area contributed by atoms with Crippen LogP contribution in [-0.2, 0) is 13.9 Å². The highest BCUT2D eigenvalue weighted by Gasteiger charge is 2.36. The van der Waals surface area contributed by atoms with Gasteiger partial charge in [-0.2, -0.15) is 0 Å². The third-order valence-electron chi connectivity index (χ3n) is 5.76. The van der Waals surface area contributed by atoms with Gasteiger partial charge in [-0.3, -0.25) is 0 Å². The number of ether oxygens (including phenoxy) is 2. The number of rotatable bonds is 19. The van der Waals surface area contributed by atoms with Gasteiger partial charge in [-0.05, 0) is 24.6 Å². The lowest BCUT2D eigenvalue weighted by Gasteiger charge is -2.36. The standard InChI is InChI=1S/C23H50O3Si/c1-7-8-9-10-11-12-13-14-15-16-17-18-24-19-20-25-21-22-26-27(5,6)23(2,3)4/h7-22H2,1-6H3. The van der Waals surface area contributed by atoms with Crippen LogP contribution in [0.2, 0.25) is 18.1 Å². The van der Waals surface area contributed by atoms with E-state index < -0.39 is 8.32 Å². The molecular formula is C23H50O3Si. The minimum atomic E-state index is -1.63. The molecule has 3 nitrogen and oxygen atoms in total.